The summed E-state index contributed by atoms with van der Waals surface area (Å²) in [4.78, 5) is 35.7. The molecule has 3 N–H and O–H groups in total. The van der Waals surface area contributed by atoms with Gasteiger partial charge in [-0.15, -0.1) is 0 Å². The van der Waals surface area contributed by atoms with Gasteiger partial charge in [0, 0.05) is 17.3 Å². The van der Waals surface area contributed by atoms with Crippen molar-refractivity contribution in [2.24, 2.45) is 5.10 Å². The van der Waals surface area contributed by atoms with Crippen molar-refractivity contribution in [1.82, 2.24) is 10.7 Å². The monoisotopic (exact) mass is 464 g/mol. The van der Waals surface area contributed by atoms with Crippen molar-refractivity contribution >= 4 is 41.2 Å². The highest BCUT2D eigenvalue weighted by molar-refractivity contribution is 6.35. The molecule has 0 aromatic heterocycles. The first kappa shape index (κ1) is 23.5. The van der Waals surface area contributed by atoms with E-state index in [4.69, 9.17) is 16.3 Å². The van der Waals surface area contributed by atoms with E-state index in [0.717, 1.165) is 5.56 Å². The standard InChI is InChI=1S/C24H21ClN4O4/c25-19-9-11-20(12-10-19)28-22(30)16-33-21-8-4-7-18(13-21)15-27-29-24(32)23(31)26-14-17-5-2-1-3-6-17/h1-13,15H,14,16H2,(H,26,31)(H,28,30)(H,29,32)/b27-15-. The van der Waals surface area contributed by atoms with Crippen molar-refractivity contribution < 1.29 is 19.1 Å². The smallest absolute Gasteiger partial charge is 0.329 e. The number of nitrogens with one attached hydrogen (secondary N) is 3. The number of hydrogen-bond acceptors (Lipinski definition) is 5. The van der Waals surface area contributed by atoms with Crippen LogP contribution in [0.2, 0.25) is 5.02 Å². The third-order valence-corrected chi connectivity index (χ3v) is 4.49. The highest BCUT2D eigenvalue weighted by Crippen LogP contribution is 2.14. The minimum atomic E-state index is -0.881. The molecule has 0 aliphatic rings. The van der Waals surface area contributed by atoms with E-state index < -0.39 is 11.8 Å². The van der Waals surface area contributed by atoms with Gasteiger partial charge in [0.25, 0.3) is 5.91 Å². The summed E-state index contributed by atoms with van der Waals surface area (Å²) in [6, 6.07) is 22.7. The number of rotatable bonds is 8. The van der Waals surface area contributed by atoms with E-state index in [1.807, 2.05) is 30.3 Å². The second-order valence-electron chi connectivity index (χ2n) is 6.78. The largest absolute Gasteiger partial charge is 0.484 e. The molecule has 0 aliphatic heterocycles. The maximum Gasteiger partial charge on any atom is 0.329 e. The molecule has 0 heterocycles. The van der Waals surface area contributed by atoms with Crippen molar-refractivity contribution in [3.05, 3.63) is 95.0 Å². The number of hydrazone groups is 1. The third kappa shape index (κ3) is 8.12. The van der Waals surface area contributed by atoms with Crippen LogP contribution in [0.3, 0.4) is 0 Å². The van der Waals surface area contributed by atoms with E-state index in [2.05, 4.69) is 21.2 Å². The SMILES string of the molecule is O=C(COc1cccc(/C=N\NC(=O)C(=O)NCc2ccccc2)c1)Nc1ccc(Cl)cc1. The van der Waals surface area contributed by atoms with Crippen LogP contribution in [0.5, 0.6) is 5.75 Å². The molecule has 33 heavy (non-hydrogen) atoms. The van der Waals surface area contributed by atoms with Crippen LogP contribution in [-0.4, -0.2) is 30.5 Å². The molecule has 3 rings (SSSR count). The maximum absolute atomic E-state index is 12.0. The van der Waals surface area contributed by atoms with Crippen LogP contribution in [-0.2, 0) is 20.9 Å². The van der Waals surface area contributed by atoms with Crippen LogP contribution in [0.4, 0.5) is 5.69 Å². The van der Waals surface area contributed by atoms with Crippen molar-refractivity contribution in [3.8, 4) is 5.75 Å². The topological polar surface area (TPSA) is 109 Å². The second-order valence-corrected chi connectivity index (χ2v) is 7.22. The van der Waals surface area contributed by atoms with Crippen molar-refractivity contribution in [2.45, 2.75) is 6.54 Å². The molecular weight excluding hydrogens is 444 g/mol. The molecule has 0 saturated heterocycles. The average Bonchev–Trinajstić information content (AvgIpc) is 2.83. The molecule has 0 unspecified atom stereocenters. The van der Waals surface area contributed by atoms with Gasteiger partial charge in [-0.25, -0.2) is 5.43 Å². The first-order valence-corrected chi connectivity index (χ1v) is 10.3. The Hall–Kier alpha value is -4.17. The summed E-state index contributed by atoms with van der Waals surface area (Å²) in [6.45, 7) is 0.0450. The third-order valence-electron chi connectivity index (χ3n) is 4.24. The predicted octanol–water partition coefficient (Wildman–Crippen LogP) is 3.12. The van der Waals surface area contributed by atoms with E-state index >= 15 is 0 Å². The minimum Gasteiger partial charge on any atom is -0.484 e. The van der Waals surface area contributed by atoms with Crippen LogP contribution in [0.1, 0.15) is 11.1 Å². The fourth-order valence-corrected chi connectivity index (χ4v) is 2.76. The highest BCUT2D eigenvalue weighted by Gasteiger charge is 2.11. The van der Waals surface area contributed by atoms with Crippen LogP contribution in [0.25, 0.3) is 0 Å². The Kier molecular flexibility index (Phi) is 8.55. The lowest BCUT2D eigenvalue weighted by Gasteiger charge is -2.08. The maximum atomic E-state index is 12.0. The summed E-state index contributed by atoms with van der Waals surface area (Å²) in [6.07, 6.45) is 1.36. The zero-order valence-corrected chi connectivity index (χ0v) is 18.2. The van der Waals surface area contributed by atoms with Crippen LogP contribution in [0.15, 0.2) is 84.0 Å². The Morgan fingerprint density at radius 2 is 1.67 bits per heavy atom. The lowest BCUT2D eigenvalue weighted by molar-refractivity contribution is -0.139. The van der Waals surface area contributed by atoms with Crippen LogP contribution in [0, 0.1) is 0 Å². The Morgan fingerprint density at radius 3 is 2.42 bits per heavy atom. The predicted molar refractivity (Wildman–Crippen MR) is 126 cm³/mol. The molecule has 8 nitrogen and oxygen atoms in total. The summed E-state index contributed by atoms with van der Waals surface area (Å²) in [5, 5.41) is 9.57. The molecular formula is C24H21ClN4O4. The van der Waals surface area contributed by atoms with Crippen molar-refractivity contribution in [1.29, 1.82) is 0 Å². The van der Waals surface area contributed by atoms with E-state index in [0.29, 0.717) is 22.0 Å². The van der Waals surface area contributed by atoms with Gasteiger partial charge in [0.1, 0.15) is 5.75 Å². The quantitative estimate of drug-likeness (QED) is 0.270. The molecule has 0 fully saturated rings. The molecule has 0 saturated carbocycles. The molecule has 3 aromatic carbocycles. The van der Waals surface area contributed by atoms with Gasteiger partial charge >= 0.3 is 11.8 Å². The van der Waals surface area contributed by atoms with Gasteiger partial charge in [0.05, 0.1) is 6.21 Å². The number of nitrogens with zero attached hydrogens (tertiary/aromatic N) is 1. The zero-order chi connectivity index (χ0) is 23.5. The molecule has 0 spiro atoms. The Labute approximate surface area is 195 Å². The normalized spacial score (nSPS) is 10.5. The Bertz CT molecular complexity index is 1130. The van der Waals surface area contributed by atoms with Crippen molar-refractivity contribution in [2.75, 3.05) is 11.9 Å². The molecule has 0 bridgehead atoms. The molecule has 3 aromatic rings. The number of amides is 3. The average molecular weight is 465 g/mol. The second kappa shape index (κ2) is 12.0. The number of hydrogen-bond donors (Lipinski definition) is 3. The van der Waals surface area contributed by atoms with E-state index in [-0.39, 0.29) is 19.1 Å². The number of halogens is 1. The summed E-state index contributed by atoms with van der Waals surface area (Å²) in [5.74, 6) is -1.56. The lowest BCUT2D eigenvalue weighted by Crippen LogP contribution is -2.37. The van der Waals surface area contributed by atoms with E-state index in [1.165, 1.54) is 6.21 Å². The first-order chi connectivity index (χ1) is 16.0. The molecule has 168 valence electrons. The lowest BCUT2D eigenvalue weighted by atomic mass is 10.2. The molecule has 0 radical (unpaired) electrons. The fourth-order valence-electron chi connectivity index (χ4n) is 2.64. The minimum absolute atomic E-state index is 0.193. The summed E-state index contributed by atoms with van der Waals surface area (Å²) in [7, 11) is 0. The van der Waals surface area contributed by atoms with Crippen molar-refractivity contribution in [3.63, 3.8) is 0 Å². The van der Waals surface area contributed by atoms with Crippen LogP contribution < -0.4 is 20.8 Å². The van der Waals surface area contributed by atoms with E-state index in [9.17, 15) is 14.4 Å². The first-order valence-electron chi connectivity index (χ1n) is 9.93. The fraction of sp³-hybridized carbons (Fsp3) is 0.0833. The van der Waals surface area contributed by atoms with Gasteiger partial charge in [0.2, 0.25) is 0 Å². The molecule has 0 atom stereocenters. The molecule has 9 heteroatoms. The summed E-state index contributed by atoms with van der Waals surface area (Å²) < 4.78 is 5.49. The van der Waals surface area contributed by atoms with Gasteiger partial charge in [-0.05, 0) is 47.5 Å². The zero-order valence-electron chi connectivity index (χ0n) is 17.5. The van der Waals surface area contributed by atoms with E-state index in [1.54, 1.807) is 48.5 Å². The summed E-state index contributed by atoms with van der Waals surface area (Å²) in [5.41, 5.74) is 4.26. The Morgan fingerprint density at radius 1 is 0.909 bits per heavy atom. The number of carbonyl (C=O) groups is 3. The highest BCUT2D eigenvalue weighted by atomic mass is 35.5. The van der Waals surface area contributed by atoms with Gasteiger partial charge in [-0.2, -0.15) is 5.10 Å². The number of ether oxygens (including phenoxy) is 1. The van der Waals surface area contributed by atoms with Gasteiger partial charge in [-0.3, -0.25) is 14.4 Å². The number of carbonyl (C=O) groups excluding carboxylic acids is 3. The summed E-state index contributed by atoms with van der Waals surface area (Å²) >= 11 is 5.82. The van der Waals surface area contributed by atoms with Gasteiger partial charge in [0.15, 0.2) is 6.61 Å². The Balaban J connectivity index is 1.43. The number of anilines is 1. The van der Waals surface area contributed by atoms with Gasteiger partial charge in [-0.1, -0.05) is 54.1 Å². The van der Waals surface area contributed by atoms with Crippen LogP contribution >= 0.6 is 11.6 Å². The molecule has 3 amide bonds. The number of benzene rings is 3. The van der Waals surface area contributed by atoms with Gasteiger partial charge < -0.3 is 15.4 Å². The molecule has 0 aliphatic carbocycles.